The molecule has 0 saturated carbocycles. The Balaban J connectivity index is 1.77. The van der Waals surface area contributed by atoms with Crippen LogP contribution in [0.2, 0.25) is 10.0 Å². The smallest absolute Gasteiger partial charge is 0.237 e. The summed E-state index contributed by atoms with van der Waals surface area (Å²) in [5, 5.41) is 18.3. The first-order valence-corrected chi connectivity index (χ1v) is 9.39. The molecule has 0 saturated heterocycles. The largest absolute Gasteiger partial charge is 0.311 e. The van der Waals surface area contributed by atoms with Crippen LogP contribution in [0, 0.1) is 11.3 Å². The van der Waals surface area contributed by atoms with Gasteiger partial charge in [0.1, 0.15) is 0 Å². The highest BCUT2D eigenvalue weighted by Crippen LogP contribution is 2.26. The Morgan fingerprint density at radius 2 is 2.04 bits per heavy atom. The number of fused-ring (bicyclic) bond motifs is 1. The molecule has 2 heterocycles. The van der Waals surface area contributed by atoms with Crippen molar-refractivity contribution in [3.63, 3.8) is 0 Å². The second-order valence-electron chi connectivity index (χ2n) is 5.26. The number of para-hydroxylation sites is 1. The summed E-state index contributed by atoms with van der Waals surface area (Å²) < 4.78 is 1.66. The number of aromatic nitrogens is 3. The normalized spacial score (nSPS) is 10.7. The number of anilines is 1. The molecule has 0 bridgehead atoms. The maximum atomic E-state index is 12.7. The predicted molar refractivity (Wildman–Crippen MR) is 103 cm³/mol. The van der Waals surface area contributed by atoms with E-state index >= 15 is 0 Å². The van der Waals surface area contributed by atoms with Crippen molar-refractivity contribution >= 4 is 52.2 Å². The average molecular weight is 406 g/mol. The molecule has 0 unspecified atom stereocenters. The van der Waals surface area contributed by atoms with Gasteiger partial charge >= 0.3 is 0 Å². The molecule has 132 valence electrons. The molecule has 0 aliphatic rings. The molecule has 0 fully saturated rings. The van der Waals surface area contributed by atoms with E-state index in [-0.39, 0.29) is 18.1 Å². The van der Waals surface area contributed by atoms with Crippen molar-refractivity contribution in [1.82, 2.24) is 14.6 Å². The van der Waals surface area contributed by atoms with E-state index in [0.717, 1.165) is 5.69 Å². The zero-order chi connectivity index (χ0) is 18.5. The van der Waals surface area contributed by atoms with Crippen LogP contribution >= 0.6 is 35.0 Å². The first-order valence-electron chi connectivity index (χ1n) is 7.65. The van der Waals surface area contributed by atoms with Crippen LogP contribution < -0.4 is 4.90 Å². The SMILES string of the molecule is N#CCCN(C(=O)CSc1nnc2c(Cl)cc(Cl)cn12)c1ccccc1. The Morgan fingerprint density at radius 1 is 1.27 bits per heavy atom. The van der Waals surface area contributed by atoms with Crippen LogP contribution in [-0.2, 0) is 4.79 Å². The number of carbonyl (C=O) groups excluding carboxylic acids is 1. The van der Waals surface area contributed by atoms with Gasteiger partial charge in [-0.3, -0.25) is 9.20 Å². The number of benzene rings is 1. The number of nitrogens with zero attached hydrogens (tertiary/aromatic N) is 5. The fourth-order valence-corrected chi connectivity index (χ4v) is 3.67. The number of halogens is 2. The highest BCUT2D eigenvalue weighted by molar-refractivity contribution is 7.99. The van der Waals surface area contributed by atoms with Crippen LogP contribution in [0.25, 0.3) is 5.65 Å². The van der Waals surface area contributed by atoms with Crippen LogP contribution in [-0.4, -0.2) is 32.8 Å². The quantitative estimate of drug-likeness (QED) is 0.577. The lowest BCUT2D eigenvalue weighted by atomic mass is 10.2. The zero-order valence-corrected chi connectivity index (χ0v) is 15.8. The molecule has 3 rings (SSSR count). The van der Waals surface area contributed by atoms with Gasteiger partial charge in [-0.15, -0.1) is 10.2 Å². The maximum absolute atomic E-state index is 12.7. The van der Waals surface area contributed by atoms with Crippen molar-refractivity contribution < 1.29 is 4.79 Å². The number of thioether (sulfide) groups is 1. The third-order valence-corrected chi connectivity index (χ3v) is 4.95. The number of pyridine rings is 1. The molecule has 6 nitrogen and oxygen atoms in total. The summed E-state index contributed by atoms with van der Waals surface area (Å²) in [5.74, 6) is 0.0203. The maximum Gasteiger partial charge on any atom is 0.237 e. The first-order chi connectivity index (χ1) is 12.6. The molecule has 1 amide bonds. The molecule has 3 aromatic rings. The summed E-state index contributed by atoms with van der Waals surface area (Å²) in [7, 11) is 0. The van der Waals surface area contributed by atoms with E-state index in [1.54, 1.807) is 21.6 Å². The predicted octanol–water partition coefficient (Wildman–Crippen LogP) is 4.08. The molecule has 0 radical (unpaired) electrons. The van der Waals surface area contributed by atoms with Crippen molar-refractivity contribution in [2.45, 2.75) is 11.6 Å². The highest BCUT2D eigenvalue weighted by Gasteiger charge is 2.18. The number of nitriles is 1. The average Bonchev–Trinajstić information content (AvgIpc) is 3.04. The molecule has 2 aromatic heterocycles. The number of carbonyl (C=O) groups is 1. The van der Waals surface area contributed by atoms with E-state index in [9.17, 15) is 4.79 Å². The minimum Gasteiger partial charge on any atom is -0.311 e. The van der Waals surface area contributed by atoms with Gasteiger partial charge in [-0.1, -0.05) is 53.2 Å². The number of hydrogen-bond acceptors (Lipinski definition) is 5. The fourth-order valence-electron chi connectivity index (χ4n) is 2.37. The Bertz CT molecular complexity index is 970. The molecule has 1 aromatic carbocycles. The van der Waals surface area contributed by atoms with Gasteiger partial charge in [0.15, 0.2) is 10.8 Å². The second-order valence-corrected chi connectivity index (χ2v) is 7.05. The van der Waals surface area contributed by atoms with Crippen LogP contribution in [0.4, 0.5) is 5.69 Å². The molecule has 0 aliphatic carbocycles. The van der Waals surface area contributed by atoms with E-state index in [2.05, 4.69) is 16.3 Å². The summed E-state index contributed by atoms with van der Waals surface area (Å²) in [6, 6.07) is 12.9. The number of rotatable bonds is 6. The first kappa shape index (κ1) is 18.5. The second kappa shape index (κ2) is 8.41. The van der Waals surface area contributed by atoms with Gasteiger partial charge in [0.25, 0.3) is 0 Å². The molecular formula is C17H13Cl2N5OS. The topological polar surface area (TPSA) is 74.3 Å². The Kier molecular flexibility index (Phi) is 5.99. The molecule has 0 spiro atoms. The van der Waals surface area contributed by atoms with Gasteiger partial charge < -0.3 is 4.90 Å². The van der Waals surface area contributed by atoms with Gasteiger partial charge in [-0.2, -0.15) is 5.26 Å². The lowest BCUT2D eigenvalue weighted by Crippen LogP contribution is -2.33. The van der Waals surface area contributed by atoms with E-state index in [1.807, 2.05) is 30.3 Å². The van der Waals surface area contributed by atoms with Crippen molar-refractivity contribution in [3.05, 3.63) is 52.6 Å². The Morgan fingerprint density at radius 3 is 2.77 bits per heavy atom. The standard InChI is InChI=1S/C17H13Cl2N5OS/c18-12-9-14(19)16-21-22-17(24(16)10-12)26-11-15(25)23(8-4-7-20)13-5-2-1-3-6-13/h1-3,5-6,9-10H,4,8,11H2. The summed E-state index contributed by atoms with van der Waals surface area (Å²) in [5.41, 5.74) is 1.24. The van der Waals surface area contributed by atoms with E-state index < -0.39 is 0 Å². The third-order valence-electron chi connectivity index (χ3n) is 3.54. The molecule has 26 heavy (non-hydrogen) atoms. The van der Waals surface area contributed by atoms with Gasteiger partial charge in [-0.05, 0) is 18.2 Å². The van der Waals surface area contributed by atoms with Crippen molar-refractivity contribution in [2.75, 3.05) is 17.2 Å². The van der Waals surface area contributed by atoms with E-state index in [0.29, 0.717) is 27.4 Å². The van der Waals surface area contributed by atoms with Gasteiger partial charge in [-0.25, -0.2) is 0 Å². The monoisotopic (exact) mass is 405 g/mol. The lowest BCUT2D eigenvalue weighted by molar-refractivity contribution is -0.116. The van der Waals surface area contributed by atoms with E-state index in [1.165, 1.54) is 11.8 Å². The highest BCUT2D eigenvalue weighted by atomic mass is 35.5. The molecule has 0 aliphatic heterocycles. The van der Waals surface area contributed by atoms with Crippen LogP contribution in [0.5, 0.6) is 0 Å². The fraction of sp³-hybridized carbons (Fsp3) is 0.176. The molecule has 0 atom stereocenters. The van der Waals surface area contributed by atoms with Crippen molar-refractivity contribution in [3.8, 4) is 6.07 Å². The van der Waals surface area contributed by atoms with Crippen molar-refractivity contribution in [2.24, 2.45) is 0 Å². The Labute approximate surface area is 164 Å². The number of hydrogen-bond donors (Lipinski definition) is 0. The summed E-state index contributed by atoms with van der Waals surface area (Å²) in [6.45, 7) is 0.331. The Hall–Kier alpha value is -2.27. The minimum absolute atomic E-state index is 0.124. The third kappa shape index (κ3) is 4.10. The van der Waals surface area contributed by atoms with Crippen LogP contribution in [0.3, 0.4) is 0 Å². The summed E-state index contributed by atoms with van der Waals surface area (Å²) in [4.78, 5) is 14.3. The molecule has 0 N–H and O–H groups in total. The molecule has 9 heteroatoms. The van der Waals surface area contributed by atoms with Crippen molar-refractivity contribution in [1.29, 1.82) is 5.26 Å². The summed E-state index contributed by atoms with van der Waals surface area (Å²) >= 11 is 13.4. The van der Waals surface area contributed by atoms with Gasteiger partial charge in [0.2, 0.25) is 5.91 Å². The van der Waals surface area contributed by atoms with Gasteiger partial charge in [0, 0.05) is 18.4 Å². The van der Waals surface area contributed by atoms with E-state index in [4.69, 9.17) is 28.5 Å². The van der Waals surface area contributed by atoms with Gasteiger partial charge in [0.05, 0.1) is 28.3 Å². The van der Waals surface area contributed by atoms with Crippen LogP contribution in [0.15, 0.2) is 47.8 Å². The lowest BCUT2D eigenvalue weighted by Gasteiger charge is -2.21. The molecular weight excluding hydrogens is 393 g/mol. The zero-order valence-electron chi connectivity index (χ0n) is 13.5. The number of amides is 1. The summed E-state index contributed by atoms with van der Waals surface area (Å²) in [6.07, 6.45) is 1.91. The minimum atomic E-state index is -0.124. The van der Waals surface area contributed by atoms with Crippen LogP contribution in [0.1, 0.15) is 6.42 Å².